The Morgan fingerprint density at radius 2 is 1.94 bits per heavy atom. The zero-order chi connectivity index (χ0) is 13.9. The fraction of sp³-hybridized carbons (Fsp3) is 0.500. The highest BCUT2D eigenvalue weighted by atomic mass is 16.5. The van der Waals surface area contributed by atoms with E-state index in [0.29, 0.717) is 17.2 Å². The molecule has 0 bridgehead atoms. The number of ether oxygens (including phenoxy) is 2. The van der Waals surface area contributed by atoms with Crippen molar-refractivity contribution in [3.8, 4) is 5.75 Å². The molecule has 2 N–H and O–H groups in total. The van der Waals surface area contributed by atoms with Crippen LogP contribution in [0.3, 0.4) is 0 Å². The third-order valence-corrected chi connectivity index (χ3v) is 3.06. The summed E-state index contributed by atoms with van der Waals surface area (Å²) in [6.07, 6.45) is 0. The molecule has 0 aliphatic rings. The molecule has 1 atom stereocenters. The lowest BCUT2D eigenvalue weighted by Crippen LogP contribution is -2.43. The topological polar surface area (TPSA) is 61.5 Å². The minimum Gasteiger partial charge on any atom is -0.496 e. The number of nitrogens with two attached hydrogens (primary N) is 1. The van der Waals surface area contributed by atoms with Crippen molar-refractivity contribution in [3.05, 3.63) is 29.3 Å². The summed E-state index contributed by atoms with van der Waals surface area (Å²) in [5.74, 6) is 0.458. The van der Waals surface area contributed by atoms with Gasteiger partial charge in [-0.15, -0.1) is 0 Å². The molecule has 1 unspecified atom stereocenters. The zero-order valence-electron chi connectivity index (χ0n) is 11.6. The van der Waals surface area contributed by atoms with E-state index in [9.17, 15) is 4.79 Å². The van der Waals surface area contributed by atoms with Gasteiger partial charge in [0.05, 0.1) is 14.2 Å². The van der Waals surface area contributed by atoms with E-state index in [1.165, 1.54) is 7.11 Å². The molecule has 100 valence electrons. The van der Waals surface area contributed by atoms with Crippen LogP contribution >= 0.6 is 0 Å². The van der Waals surface area contributed by atoms with Gasteiger partial charge in [0.25, 0.3) is 0 Å². The van der Waals surface area contributed by atoms with Gasteiger partial charge in [-0.25, -0.2) is 4.79 Å². The third kappa shape index (κ3) is 2.64. The number of carbonyl (C=O) groups is 1. The minimum absolute atomic E-state index is 0.350. The highest BCUT2D eigenvalue weighted by Crippen LogP contribution is 2.32. The van der Waals surface area contributed by atoms with Gasteiger partial charge in [-0.1, -0.05) is 19.9 Å². The average molecular weight is 251 g/mol. The maximum Gasteiger partial charge on any atom is 0.330 e. The third-order valence-electron chi connectivity index (χ3n) is 3.06. The van der Waals surface area contributed by atoms with E-state index in [0.717, 1.165) is 5.56 Å². The van der Waals surface area contributed by atoms with Crippen LogP contribution in [-0.2, 0) is 15.1 Å². The van der Waals surface area contributed by atoms with Crippen LogP contribution in [0.15, 0.2) is 18.2 Å². The largest absolute Gasteiger partial charge is 0.496 e. The Morgan fingerprint density at radius 1 is 1.33 bits per heavy atom. The Bertz CT molecular complexity index is 439. The number of hydrogen-bond donors (Lipinski definition) is 1. The van der Waals surface area contributed by atoms with Crippen LogP contribution in [-0.4, -0.2) is 20.2 Å². The number of rotatable bonds is 4. The fourth-order valence-electron chi connectivity index (χ4n) is 1.81. The molecule has 18 heavy (non-hydrogen) atoms. The van der Waals surface area contributed by atoms with Crippen molar-refractivity contribution in [2.75, 3.05) is 14.2 Å². The molecule has 0 amide bonds. The van der Waals surface area contributed by atoms with Crippen LogP contribution in [0, 0.1) is 0 Å². The lowest BCUT2D eigenvalue weighted by Gasteiger charge is -2.25. The molecule has 0 aromatic heterocycles. The van der Waals surface area contributed by atoms with Crippen molar-refractivity contribution in [1.29, 1.82) is 0 Å². The summed E-state index contributed by atoms with van der Waals surface area (Å²) in [5.41, 5.74) is 6.61. The standard InChI is InChI=1S/C14H21NO3/c1-9(2)10-6-7-12(17-4)11(8-10)14(3,15)13(16)18-5/h6-9H,15H2,1-5H3. The summed E-state index contributed by atoms with van der Waals surface area (Å²) in [7, 11) is 2.88. The summed E-state index contributed by atoms with van der Waals surface area (Å²) in [4.78, 5) is 11.8. The van der Waals surface area contributed by atoms with Crippen LogP contribution in [0.4, 0.5) is 0 Å². The molecule has 1 aromatic carbocycles. The van der Waals surface area contributed by atoms with Crippen molar-refractivity contribution in [1.82, 2.24) is 0 Å². The number of benzene rings is 1. The second kappa shape index (κ2) is 5.40. The first-order valence-electron chi connectivity index (χ1n) is 5.90. The minimum atomic E-state index is -1.22. The van der Waals surface area contributed by atoms with Crippen LogP contribution < -0.4 is 10.5 Å². The van der Waals surface area contributed by atoms with Crippen LogP contribution in [0.1, 0.15) is 37.8 Å². The Hall–Kier alpha value is -1.55. The summed E-state index contributed by atoms with van der Waals surface area (Å²) in [6, 6.07) is 5.71. The monoisotopic (exact) mass is 251 g/mol. The molecule has 1 aromatic rings. The van der Waals surface area contributed by atoms with Crippen molar-refractivity contribution in [3.63, 3.8) is 0 Å². The first kappa shape index (κ1) is 14.5. The number of methoxy groups -OCH3 is 2. The second-order valence-corrected chi connectivity index (χ2v) is 4.81. The summed E-state index contributed by atoms with van der Waals surface area (Å²) in [6.45, 7) is 5.79. The summed E-state index contributed by atoms with van der Waals surface area (Å²) >= 11 is 0. The predicted octanol–water partition coefficient (Wildman–Crippen LogP) is 2.17. The Balaban J connectivity index is 3.36. The number of esters is 1. The van der Waals surface area contributed by atoms with Gasteiger partial charge in [-0.3, -0.25) is 0 Å². The lowest BCUT2D eigenvalue weighted by atomic mass is 9.89. The molecule has 0 saturated carbocycles. The Kier molecular flexibility index (Phi) is 4.35. The van der Waals surface area contributed by atoms with E-state index in [2.05, 4.69) is 13.8 Å². The smallest absolute Gasteiger partial charge is 0.330 e. The van der Waals surface area contributed by atoms with Crippen LogP contribution in [0.2, 0.25) is 0 Å². The highest BCUT2D eigenvalue weighted by Gasteiger charge is 2.34. The highest BCUT2D eigenvalue weighted by molar-refractivity contribution is 5.82. The molecule has 0 aliphatic heterocycles. The average Bonchev–Trinajstić information content (AvgIpc) is 2.36. The van der Waals surface area contributed by atoms with Crippen molar-refractivity contribution >= 4 is 5.97 Å². The molecule has 0 fully saturated rings. The van der Waals surface area contributed by atoms with E-state index in [-0.39, 0.29) is 0 Å². The molecule has 4 nitrogen and oxygen atoms in total. The SMILES string of the molecule is COC(=O)C(C)(N)c1cc(C(C)C)ccc1OC. The summed E-state index contributed by atoms with van der Waals surface area (Å²) in [5, 5.41) is 0. The van der Waals surface area contributed by atoms with Gasteiger partial charge in [0.2, 0.25) is 0 Å². The van der Waals surface area contributed by atoms with E-state index in [1.807, 2.05) is 18.2 Å². The van der Waals surface area contributed by atoms with Crippen molar-refractivity contribution < 1.29 is 14.3 Å². The maximum atomic E-state index is 11.8. The van der Waals surface area contributed by atoms with Gasteiger partial charge < -0.3 is 15.2 Å². The molecule has 0 radical (unpaired) electrons. The normalized spacial score (nSPS) is 14.2. The number of carbonyl (C=O) groups excluding carboxylic acids is 1. The molecule has 1 rings (SSSR count). The quantitative estimate of drug-likeness (QED) is 0.833. The molecule has 0 heterocycles. The second-order valence-electron chi connectivity index (χ2n) is 4.81. The van der Waals surface area contributed by atoms with Crippen molar-refractivity contribution in [2.24, 2.45) is 5.73 Å². The first-order valence-corrected chi connectivity index (χ1v) is 5.90. The molecule has 0 aliphatic carbocycles. The van der Waals surface area contributed by atoms with Gasteiger partial charge in [0.1, 0.15) is 11.3 Å². The summed E-state index contributed by atoms with van der Waals surface area (Å²) < 4.78 is 10.0. The molecule has 0 saturated heterocycles. The Morgan fingerprint density at radius 3 is 2.39 bits per heavy atom. The molecular formula is C14H21NO3. The van der Waals surface area contributed by atoms with E-state index in [4.69, 9.17) is 15.2 Å². The predicted molar refractivity (Wildman–Crippen MR) is 70.6 cm³/mol. The van der Waals surface area contributed by atoms with E-state index in [1.54, 1.807) is 14.0 Å². The fourth-order valence-corrected chi connectivity index (χ4v) is 1.81. The van der Waals surface area contributed by atoms with E-state index < -0.39 is 11.5 Å². The lowest BCUT2D eigenvalue weighted by molar-refractivity contribution is -0.146. The van der Waals surface area contributed by atoms with E-state index >= 15 is 0 Å². The molecule has 0 spiro atoms. The molecular weight excluding hydrogens is 230 g/mol. The van der Waals surface area contributed by atoms with Gasteiger partial charge in [-0.2, -0.15) is 0 Å². The first-order chi connectivity index (χ1) is 8.34. The maximum absolute atomic E-state index is 11.8. The molecule has 4 heteroatoms. The van der Waals surface area contributed by atoms with Crippen LogP contribution in [0.5, 0.6) is 5.75 Å². The van der Waals surface area contributed by atoms with Gasteiger partial charge in [0.15, 0.2) is 0 Å². The Labute approximate surface area is 108 Å². The zero-order valence-corrected chi connectivity index (χ0v) is 11.6. The van der Waals surface area contributed by atoms with Crippen LogP contribution in [0.25, 0.3) is 0 Å². The van der Waals surface area contributed by atoms with Crippen molar-refractivity contribution in [2.45, 2.75) is 32.2 Å². The number of hydrogen-bond acceptors (Lipinski definition) is 4. The van der Waals surface area contributed by atoms with Gasteiger partial charge >= 0.3 is 5.97 Å². The van der Waals surface area contributed by atoms with Gasteiger partial charge in [-0.05, 0) is 30.5 Å². The van der Waals surface area contributed by atoms with Gasteiger partial charge in [0, 0.05) is 5.56 Å².